The van der Waals surface area contributed by atoms with E-state index in [1.807, 2.05) is 0 Å². The van der Waals surface area contributed by atoms with Crippen molar-refractivity contribution in [3.05, 3.63) is 77.5 Å². The summed E-state index contributed by atoms with van der Waals surface area (Å²) in [5, 5.41) is 9.19. The molecule has 4 aromatic rings. The number of carbonyl (C=O) groups is 1. The molecule has 1 aliphatic heterocycles. The maximum atomic E-state index is 13.8. The summed E-state index contributed by atoms with van der Waals surface area (Å²) in [6, 6.07) is 9.83. The molecule has 2 N–H and O–H groups in total. The highest BCUT2D eigenvalue weighted by Crippen LogP contribution is 2.24. The number of halogens is 2. The lowest BCUT2D eigenvalue weighted by atomic mass is 10.0. The van der Waals surface area contributed by atoms with Gasteiger partial charge in [0.05, 0.1) is 23.1 Å². The number of ether oxygens (including phenoxy) is 2. The predicted octanol–water partition coefficient (Wildman–Crippen LogP) is 4.34. The Bertz CT molecular complexity index is 1430. The van der Waals surface area contributed by atoms with Crippen molar-refractivity contribution in [1.82, 2.24) is 24.8 Å². The minimum atomic E-state index is -0.973. The van der Waals surface area contributed by atoms with Crippen molar-refractivity contribution >= 4 is 17.0 Å². The van der Waals surface area contributed by atoms with Gasteiger partial charge in [-0.05, 0) is 50.1 Å². The van der Waals surface area contributed by atoms with Crippen LogP contribution in [0.3, 0.4) is 0 Å². The molecular formula is C26H25F2N5O4. The SMILES string of the molecule is C[C@H]1CC(Oc2ccnc(COc3ccc(F)cc3F)n2)CCN1Cc1nc2ccc(C(=O)O)cc2[nH]1. The largest absolute Gasteiger partial charge is 0.483 e. The quantitative estimate of drug-likeness (QED) is 0.361. The molecule has 11 heteroatoms. The van der Waals surface area contributed by atoms with Crippen LogP contribution in [0.5, 0.6) is 11.6 Å². The van der Waals surface area contributed by atoms with Crippen LogP contribution in [0.15, 0.2) is 48.7 Å². The molecule has 2 atom stereocenters. The zero-order valence-corrected chi connectivity index (χ0v) is 20.0. The fourth-order valence-corrected chi connectivity index (χ4v) is 4.40. The second-order valence-corrected chi connectivity index (χ2v) is 8.98. The molecule has 0 amide bonds. The third-order valence-electron chi connectivity index (χ3n) is 6.31. The number of aromatic amines is 1. The Morgan fingerprint density at radius 2 is 2.05 bits per heavy atom. The van der Waals surface area contributed by atoms with E-state index in [0.717, 1.165) is 42.9 Å². The number of benzene rings is 2. The van der Waals surface area contributed by atoms with Gasteiger partial charge in [0, 0.05) is 30.9 Å². The van der Waals surface area contributed by atoms with Crippen molar-refractivity contribution in [1.29, 1.82) is 0 Å². The monoisotopic (exact) mass is 509 g/mol. The molecule has 2 aromatic carbocycles. The second-order valence-electron chi connectivity index (χ2n) is 8.98. The van der Waals surface area contributed by atoms with E-state index in [9.17, 15) is 18.7 Å². The van der Waals surface area contributed by atoms with Crippen LogP contribution in [-0.2, 0) is 13.2 Å². The van der Waals surface area contributed by atoms with Gasteiger partial charge in [-0.15, -0.1) is 0 Å². The van der Waals surface area contributed by atoms with Crippen molar-refractivity contribution in [2.75, 3.05) is 6.54 Å². The summed E-state index contributed by atoms with van der Waals surface area (Å²) in [6.07, 6.45) is 3.07. The number of nitrogens with zero attached hydrogens (tertiary/aromatic N) is 4. The Hall–Kier alpha value is -4.12. The number of imidazole rings is 1. The smallest absolute Gasteiger partial charge is 0.335 e. The minimum absolute atomic E-state index is 0.0433. The lowest BCUT2D eigenvalue weighted by molar-refractivity contribution is 0.0543. The first-order valence-corrected chi connectivity index (χ1v) is 11.9. The van der Waals surface area contributed by atoms with Crippen LogP contribution in [0.25, 0.3) is 11.0 Å². The Morgan fingerprint density at radius 1 is 1.19 bits per heavy atom. The molecule has 1 unspecified atom stereocenters. The highest BCUT2D eigenvalue weighted by molar-refractivity contribution is 5.92. The number of piperidine rings is 1. The van der Waals surface area contributed by atoms with Crippen molar-refractivity contribution in [2.24, 2.45) is 0 Å². The molecule has 0 bridgehead atoms. The Balaban J connectivity index is 1.16. The number of rotatable bonds is 8. The highest BCUT2D eigenvalue weighted by atomic mass is 19.1. The van der Waals surface area contributed by atoms with Crippen molar-refractivity contribution in [3.63, 3.8) is 0 Å². The van der Waals surface area contributed by atoms with E-state index in [0.29, 0.717) is 23.8 Å². The molecule has 3 heterocycles. The van der Waals surface area contributed by atoms with Gasteiger partial charge in [-0.2, -0.15) is 4.98 Å². The summed E-state index contributed by atoms with van der Waals surface area (Å²) in [5.41, 5.74) is 1.65. The van der Waals surface area contributed by atoms with Gasteiger partial charge in [0.25, 0.3) is 0 Å². The molecule has 0 radical (unpaired) electrons. The predicted molar refractivity (Wildman–Crippen MR) is 129 cm³/mol. The van der Waals surface area contributed by atoms with Crippen LogP contribution < -0.4 is 9.47 Å². The Kier molecular flexibility index (Phi) is 6.95. The van der Waals surface area contributed by atoms with E-state index in [1.54, 1.807) is 30.5 Å². The van der Waals surface area contributed by atoms with E-state index < -0.39 is 17.6 Å². The van der Waals surface area contributed by atoms with E-state index in [4.69, 9.17) is 9.47 Å². The summed E-state index contributed by atoms with van der Waals surface area (Å²) < 4.78 is 38.3. The number of nitrogens with one attached hydrogen (secondary N) is 1. The number of hydrogen-bond acceptors (Lipinski definition) is 7. The van der Waals surface area contributed by atoms with E-state index in [-0.39, 0.29) is 30.1 Å². The standard InChI is InChI=1S/C26H25F2N5O4/c1-15-10-18(7-9-33(15)13-23-30-20-4-2-16(26(34)35)11-21(20)31-23)37-25-6-8-29-24(32-25)14-36-22-5-3-17(27)12-19(22)28/h2-6,8,11-12,15,18H,7,9-10,13-14H2,1H3,(H,30,31)(H,34,35)/t15-,18?/m0/s1. The summed E-state index contributed by atoms with van der Waals surface area (Å²) in [4.78, 5) is 29.8. The molecule has 2 aromatic heterocycles. The summed E-state index contributed by atoms with van der Waals surface area (Å²) in [6.45, 7) is 3.44. The van der Waals surface area contributed by atoms with Crippen LogP contribution >= 0.6 is 0 Å². The Morgan fingerprint density at radius 3 is 2.84 bits per heavy atom. The van der Waals surface area contributed by atoms with Gasteiger partial charge >= 0.3 is 5.97 Å². The number of aromatic carboxylic acids is 1. The average Bonchev–Trinajstić information content (AvgIpc) is 3.27. The van der Waals surface area contributed by atoms with Crippen molar-refractivity contribution < 1.29 is 28.2 Å². The number of fused-ring (bicyclic) bond motifs is 1. The van der Waals surface area contributed by atoms with Crippen LogP contribution in [-0.4, -0.2) is 54.6 Å². The molecule has 1 saturated heterocycles. The van der Waals surface area contributed by atoms with E-state index in [1.165, 1.54) is 6.07 Å². The second kappa shape index (κ2) is 10.5. The first-order chi connectivity index (χ1) is 17.8. The molecule has 1 fully saturated rings. The molecule has 192 valence electrons. The van der Waals surface area contributed by atoms with Crippen LogP contribution in [0.4, 0.5) is 8.78 Å². The normalized spacial score (nSPS) is 18.1. The molecule has 0 spiro atoms. The third kappa shape index (κ3) is 5.83. The van der Waals surface area contributed by atoms with Gasteiger partial charge < -0.3 is 19.6 Å². The molecule has 37 heavy (non-hydrogen) atoms. The van der Waals surface area contributed by atoms with E-state index in [2.05, 4.69) is 31.8 Å². The number of H-pyrrole nitrogens is 1. The van der Waals surface area contributed by atoms with Crippen LogP contribution in [0, 0.1) is 11.6 Å². The molecule has 9 nitrogen and oxygen atoms in total. The van der Waals surface area contributed by atoms with Gasteiger partial charge in [-0.25, -0.2) is 23.5 Å². The first kappa shape index (κ1) is 24.6. The van der Waals surface area contributed by atoms with Crippen LogP contribution in [0.1, 0.15) is 41.8 Å². The van der Waals surface area contributed by atoms with Gasteiger partial charge in [-0.1, -0.05) is 0 Å². The van der Waals surface area contributed by atoms with Gasteiger partial charge in [0.2, 0.25) is 5.88 Å². The lowest BCUT2D eigenvalue weighted by Gasteiger charge is -2.36. The number of likely N-dealkylation sites (tertiary alicyclic amines) is 1. The topological polar surface area (TPSA) is 113 Å². The van der Waals surface area contributed by atoms with Crippen molar-refractivity contribution in [2.45, 2.75) is 45.1 Å². The number of carboxylic acids is 1. The highest BCUT2D eigenvalue weighted by Gasteiger charge is 2.28. The summed E-state index contributed by atoms with van der Waals surface area (Å²) >= 11 is 0. The lowest BCUT2D eigenvalue weighted by Crippen LogP contribution is -2.44. The van der Waals surface area contributed by atoms with Gasteiger partial charge in [0.15, 0.2) is 17.4 Å². The fourth-order valence-electron chi connectivity index (χ4n) is 4.40. The third-order valence-corrected chi connectivity index (χ3v) is 6.31. The van der Waals surface area contributed by atoms with E-state index >= 15 is 0 Å². The van der Waals surface area contributed by atoms with Gasteiger partial charge in [-0.3, -0.25) is 4.90 Å². The molecule has 1 aliphatic rings. The maximum Gasteiger partial charge on any atom is 0.335 e. The maximum absolute atomic E-state index is 13.8. The summed E-state index contributed by atoms with van der Waals surface area (Å²) in [7, 11) is 0. The minimum Gasteiger partial charge on any atom is -0.483 e. The first-order valence-electron chi connectivity index (χ1n) is 11.9. The summed E-state index contributed by atoms with van der Waals surface area (Å²) in [5.74, 6) is -1.01. The molecular weight excluding hydrogens is 484 g/mol. The molecule has 0 aliphatic carbocycles. The van der Waals surface area contributed by atoms with Gasteiger partial charge in [0.1, 0.15) is 24.4 Å². The van der Waals surface area contributed by atoms with Crippen molar-refractivity contribution in [3.8, 4) is 11.6 Å². The molecule has 5 rings (SSSR count). The number of aromatic nitrogens is 4. The number of carboxylic acid groups (broad SMARTS) is 1. The fraction of sp³-hybridized carbons (Fsp3) is 0.308. The van der Waals surface area contributed by atoms with Crippen LogP contribution in [0.2, 0.25) is 0 Å². The molecule has 0 saturated carbocycles. The zero-order valence-electron chi connectivity index (χ0n) is 20.0. The Labute approximate surface area is 211 Å². The zero-order chi connectivity index (χ0) is 25.9. The number of hydrogen-bond donors (Lipinski definition) is 2. The average molecular weight is 510 g/mol.